The number of ether oxygens (including phenoxy) is 2. The van der Waals surface area contributed by atoms with Crippen LogP contribution in [0.2, 0.25) is 0 Å². The maximum absolute atomic E-state index is 12.5. The first kappa shape index (κ1) is 16.1. The molecule has 2 saturated heterocycles. The van der Waals surface area contributed by atoms with E-state index in [2.05, 4.69) is 5.32 Å². The lowest BCUT2D eigenvalue weighted by Gasteiger charge is -2.30. The van der Waals surface area contributed by atoms with E-state index in [9.17, 15) is 13.2 Å². The van der Waals surface area contributed by atoms with E-state index >= 15 is 0 Å². The second-order valence-electron chi connectivity index (χ2n) is 5.11. The molecule has 2 rings (SSSR count). The molecule has 1 N–H and O–H groups in total. The Balaban J connectivity index is 1.72. The molecular formula is C13H20F3NO2S. The molecule has 0 bridgehead atoms. The van der Waals surface area contributed by atoms with Crippen LogP contribution in [0.3, 0.4) is 0 Å². The predicted octanol–water partition coefficient (Wildman–Crippen LogP) is 2.58. The van der Waals surface area contributed by atoms with E-state index in [1.807, 2.05) is 12.3 Å². The molecule has 0 aromatic rings. The lowest BCUT2D eigenvalue weighted by atomic mass is 9.94. The highest BCUT2D eigenvalue weighted by Gasteiger charge is 2.41. The summed E-state index contributed by atoms with van der Waals surface area (Å²) in [4.78, 5) is 0. The number of halogens is 3. The van der Waals surface area contributed by atoms with Crippen molar-refractivity contribution < 1.29 is 22.6 Å². The average Bonchev–Trinajstić information content (AvgIpc) is 2.45. The number of hydrogen-bond acceptors (Lipinski definition) is 4. The van der Waals surface area contributed by atoms with E-state index in [1.165, 1.54) is 0 Å². The summed E-state index contributed by atoms with van der Waals surface area (Å²) < 4.78 is 48.6. The summed E-state index contributed by atoms with van der Waals surface area (Å²) >= 11 is 1.70. The van der Waals surface area contributed by atoms with E-state index in [-0.39, 0.29) is 25.3 Å². The third-order valence-electron chi connectivity index (χ3n) is 3.64. The molecular weight excluding hydrogens is 291 g/mol. The molecule has 2 unspecified atom stereocenters. The fraction of sp³-hybridized carbons (Fsp3) is 0.846. The van der Waals surface area contributed by atoms with E-state index in [1.54, 1.807) is 17.8 Å². The van der Waals surface area contributed by atoms with Gasteiger partial charge in [0, 0.05) is 12.6 Å². The van der Waals surface area contributed by atoms with Crippen LogP contribution in [0.4, 0.5) is 13.2 Å². The summed E-state index contributed by atoms with van der Waals surface area (Å²) in [6, 6.07) is -0.0286. The third kappa shape index (κ3) is 4.65. The third-order valence-corrected chi connectivity index (χ3v) is 4.58. The first-order valence-electron chi connectivity index (χ1n) is 6.73. The zero-order valence-corrected chi connectivity index (χ0v) is 12.2. The van der Waals surface area contributed by atoms with Crippen molar-refractivity contribution in [3.8, 4) is 0 Å². The second-order valence-corrected chi connectivity index (χ2v) is 6.25. The molecule has 0 spiro atoms. The Morgan fingerprint density at radius 1 is 1.15 bits per heavy atom. The number of hydrogen-bond donors (Lipinski definition) is 1. The first-order valence-corrected chi connectivity index (χ1v) is 8.02. The summed E-state index contributed by atoms with van der Waals surface area (Å²) in [6.07, 6.45) is 1.85. The van der Waals surface area contributed by atoms with Crippen LogP contribution < -0.4 is 5.32 Å². The van der Waals surface area contributed by atoms with Gasteiger partial charge in [-0.05, 0) is 25.2 Å². The van der Waals surface area contributed by atoms with Gasteiger partial charge >= 0.3 is 6.18 Å². The van der Waals surface area contributed by atoms with Gasteiger partial charge in [0.05, 0.1) is 24.4 Å². The molecule has 2 fully saturated rings. The van der Waals surface area contributed by atoms with Gasteiger partial charge in [0.1, 0.15) is 0 Å². The summed E-state index contributed by atoms with van der Waals surface area (Å²) in [7, 11) is 0. The normalized spacial score (nSPS) is 36.4. The van der Waals surface area contributed by atoms with Crippen molar-refractivity contribution >= 4 is 11.8 Å². The van der Waals surface area contributed by atoms with Crippen LogP contribution in [0, 0.1) is 5.92 Å². The maximum Gasteiger partial charge on any atom is 0.393 e. The van der Waals surface area contributed by atoms with Crippen LogP contribution in [-0.4, -0.2) is 49.8 Å². The molecule has 116 valence electrons. The van der Waals surface area contributed by atoms with E-state index in [0.29, 0.717) is 24.9 Å². The van der Waals surface area contributed by atoms with Gasteiger partial charge in [-0.15, -0.1) is 0 Å². The first-order chi connectivity index (χ1) is 9.49. The predicted molar refractivity (Wildman–Crippen MR) is 72.7 cm³/mol. The molecule has 7 heteroatoms. The Labute approximate surface area is 121 Å². The minimum atomic E-state index is -4.09. The molecule has 0 aromatic heterocycles. The van der Waals surface area contributed by atoms with Crippen molar-refractivity contribution in [2.24, 2.45) is 5.92 Å². The fourth-order valence-corrected chi connectivity index (χ4v) is 2.72. The van der Waals surface area contributed by atoms with Crippen LogP contribution in [0.1, 0.15) is 12.8 Å². The van der Waals surface area contributed by atoms with Crippen LogP contribution in [0.25, 0.3) is 0 Å². The summed E-state index contributed by atoms with van der Waals surface area (Å²) in [6.45, 7) is 1.27. The number of rotatable bonds is 3. The number of nitrogens with one attached hydrogen (secondary N) is 1. The molecule has 2 heterocycles. The lowest BCUT2D eigenvalue weighted by molar-refractivity contribution is -0.179. The monoisotopic (exact) mass is 311 g/mol. The Morgan fingerprint density at radius 2 is 1.85 bits per heavy atom. The second kappa shape index (κ2) is 7.15. The van der Waals surface area contributed by atoms with E-state index in [0.717, 1.165) is 0 Å². The van der Waals surface area contributed by atoms with Gasteiger partial charge in [0.15, 0.2) is 6.29 Å². The van der Waals surface area contributed by atoms with Gasteiger partial charge in [-0.3, -0.25) is 0 Å². The van der Waals surface area contributed by atoms with E-state index in [4.69, 9.17) is 9.47 Å². The molecule has 0 saturated carbocycles. The standard InChI is InChI=1S/C13H20F3NO2S/c1-20-11-7-18-12(19-8-11)5-4-10-3-2-9(6-17-10)13(14,15)16/h4-5,9-12,17H,2-3,6-8H2,1H3/b5-4+. The zero-order chi connectivity index (χ0) is 14.6. The number of piperidine rings is 1. The van der Waals surface area contributed by atoms with Gasteiger partial charge in [-0.2, -0.15) is 24.9 Å². The topological polar surface area (TPSA) is 30.5 Å². The molecule has 2 aliphatic rings. The minimum absolute atomic E-state index is 0.0144. The molecule has 0 aliphatic carbocycles. The van der Waals surface area contributed by atoms with Crippen molar-refractivity contribution in [1.82, 2.24) is 5.32 Å². The van der Waals surface area contributed by atoms with Crippen LogP contribution in [0.5, 0.6) is 0 Å². The van der Waals surface area contributed by atoms with Crippen molar-refractivity contribution in [3.63, 3.8) is 0 Å². The molecule has 2 aliphatic heterocycles. The van der Waals surface area contributed by atoms with Crippen LogP contribution in [-0.2, 0) is 9.47 Å². The summed E-state index contributed by atoms with van der Waals surface area (Å²) in [5, 5.41) is 3.27. The zero-order valence-electron chi connectivity index (χ0n) is 11.4. The van der Waals surface area contributed by atoms with Gasteiger partial charge < -0.3 is 14.8 Å². The highest BCUT2D eigenvalue weighted by atomic mass is 32.2. The lowest BCUT2D eigenvalue weighted by Crippen LogP contribution is -2.43. The molecule has 20 heavy (non-hydrogen) atoms. The molecule has 0 radical (unpaired) electrons. The SMILES string of the molecule is CSC1COC(/C=C/C2CCC(C(F)(F)F)CN2)OC1. The average molecular weight is 311 g/mol. The summed E-state index contributed by atoms with van der Waals surface area (Å²) in [5.74, 6) is -1.23. The van der Waals surface area contributed by atoms with Crippen molar-refractivity contribution in [2.45, 2.75) is 36.6 Å². The Hall–Kier alpha value is -0.240. The highest BCUT2D eigenvalue weighted by molar-refractivity contribution is 7.99. The van der Waals surface area contributed by atoms with Gasteiger partial charge in [-0.25, -0.2) is 0 Å². The molecule has 3 nitrogen and oxygen atoms in total. The quantitative estimate of drug-likeness (QED) is 0.812. The van der Waals surface area contributed by atoms with Gasteiger partial charge in [0.2, 0.25) is 0 Å². The molecule has 2 atom stereocenters. The Kier molecular flexibility index (Phi) is 5.77. The number of thioether (sulfide) groups is 1. The Morgan fingerprint density at radius 3 is 2.35 bits per heavy atom. The van der Waals surface area contributed by atoms with Gasteiger partial charge in [-0.1, -0.05) is 6.08 Å². The minimum Gasteiger partial charge on any atom is -0.348 e. The fourth-order valence-electron chi connectivity index (χ4n) is 2.29. The van der Waals surface area contributed by atoms with Crippen molar-refractivity contribution in [2.75, 3.05) is 26.0 Å². The highest BCUT2D eigenvalue weighted by Crippen LogP contribution is 2.32. The van der Waals surface area contributed by atoms with Gasteiger partial charge in [0.25, 0.3) is 0 Å². The molecule has 0 aromatic carbocycles. The number of alkyl halides is 3. The maximum atomic E-state index is 12.5. The Bertz CT molecular complexity index is 322. The van der Waals surface area contributed by atoms with Crippen LogP contribution in [0.15, 0.2) is 12.2 Å². The van der Waals surface area contributed by atoms with E-state index < -0.39 is 12.1 Å². The van der Waals surface area contributed by atoms with Crippen molar-refractivity contribution in [1.29, 1.82) is 0 Å². The smallest absolute Gasteiger partial charge is 0.348 e. The largest absolute Gasteiger partial charge is 0.393 e. The van der Waals surface area contributed by atoms with Crippen molar-refractivity contribution in [3.05, 3.63) is 12.2 Å². The van der Waals surface area contributed by atoms with Crippen LogP contribution >= 0.6 is 11.8 Å². The molecule has 0 amide bonds. The summed E-state index contributed by atoms with van der Waals surface area (Å²) in [5.41, 5.74) is 0.